The van der Waals surface area contributed by atoms with Crippen molar-refractivity contribution in [1.29, 1.82) is 0 Å². The minimum absolute atomic E-state index is 0.292. The van der Waals surface area contributed by atoms with Crippen molar-refractivity contribution in [2.45, 2.75) is 32.2 Å². The summed E-state index contributed by atoms with van der Waals surface area (Å²) in [6.45, 7) is 6.27. The SMILES string of the molecule is O=C(CCC1CCCN(Cc2cccc(O)c2)C1)N1CCN(c2ccccn2)CC1. The first-order chi connectivity index (χ1) is 14.7. The molecule has 2 aromatic rings. The van der Waals surface area contributed by atoms with Gasteiger partial charge in [-0.25, -0.2) is 4.98 Å². The van der Waals surface area contributed by atoms with E-state index in [0.717, 1.165) is 63.6 Å². The molecule has 1 aromatic carbocycles. The monoisotopic (exact) mass is 408 g/mol. The lowest BCUT2D eigenvalue weighted by atomic mass is 9.92. The second-order valence-corrected chi connectivity index (χ2v) is 8.51. The number of benzene rings is 1. The van der Waals surface area contributed by atoms with Crippen LogP contribution in [0.15, 0.2) is 48.7 Å². The number of phenolic OH excluding ortho intramolecular Hbond substituents is 1. The Bertz CT molecular complexity index is 821. The molecule has 1 atom stereocenters. The van der Waals surface area contributed by atoms with Gasteiger partial charge in [-0.2, -0.15) is 0 Å². The van der Waals surface area contributed by atoms with Crippen molar-refractivity contribution >= 4 is 11.7 Å². The number of amides is 1. The molecule has 6 heteroatoms. The van der Waals surface area contributed by atoms with Crippen molar-refractivity contribution < 1.29 is 9.90 Å². The zero-order valence-electron chi connectivity index (χ0n) is 17.6. The summed E-state index contributed by atoms with van der Waals surface area (Å²) < 4.78 is 0. The molecular formula is C24H32N4O2. The Morgan fingerprint density at radius 1 is 1.07 bits per heavy atom. The molecule has 0 aliphatic carbocycles. The maximum Gasteiger partial charge on any atom is 0.222 e. The molecule has 2 saturated heterocycles. The molecule has 160 valence electrons. The fraction of sp³-hybridized carbons (Fsp3) is 0.500. The Labute approximate surface area is 179 Å². The molecular weight excluding hydrogens is 376 g/mol. The van der Waals surface area contributed by atoms with E-state index in [2.05, 4.69) is 20.9 Å². The number of piperazine rings is 1. The van der Waals surface area contributed by atoms with Crippen LogP contribution in [0.25, 0.3) is 0 Å². The van der Waals surface area contributed by atoms with E-state index in [1.165, 1.54) is 12.8 Å². The third-order valence-corrected chi connectivity index (χ3v) is 6.29. The number of carbonyl (C=O) groups excluding carboxylic acids is 1. The number of rotatable bonds is 6. The highest BCUT2D eigenvalue weighted by atomic mass is 16.3. The summed E-state index contributed by atoms with van der Waals surface area (Å²) in [6, 6.07) is 13.5. The molecule has 0 bridgehead atoms. The van der Waals surface area contributed by atoms with Gasteiger partial charge in [0.15, 0.2) is 0 Å². The van der Waals surface area contributed by atoms with Crippen LogP contribution in [0.5, 0.6) is 5.75 Å². The summed E-state index contributed by atoms with van der Waals surface area (Å²) in [4.78, 5) is 23.9. The first-order valence-corrected chi connectivity index (χ1v) is 11.1. The van der Waals surface area contributed by atoms with Gasteiger partial charge in [0.05, 0.1) is 0 Å². The summed E-state index contributed by atoms with van der Waals surface area (Å²) in [7, 11) is 0. The van der Waals surface area contributed by atoms with E-state index in [-0.39, 0.29) is 0 Å². The zero-order chi connectivity index (χ0) is 20.8. The van der Waals surface area contributed by atoms with Crippen LogP contribution in [0.4, 0.5) is 5.82 Å². The Morgan fingerprint density at radius 3 is 2.70 bits per heavy atom. The molecule has 2 fully saturated rings. The summed E-state index contributed by atoms with van der Waals surface area (Å²) in [5.74, 6) is 2.20. The molecule has 0 radical (unpaired) electrons. The maximum absolute atomic E-state index is 12.7. The van der Waals surface area contributed by atoms with Crippen LogP contribution in [0.3, 0.4) is 0 Å². The van der Waals surface area contributed by atoms with Crippen LogP contribution in [-0.2, 0) is 11.3 Å². The summed E-state index contributed by atoms with van der Waals surface area (Å²) >= 11 is 0. The van der Waals surface area contributed by atoms with Crippen LogP contribution in [0, 0.1) is 5.92 Å². The van der Waals surface area contributed by atoms with E-state index in [1.54, 1.807) is 6.07 Å². The average molecular weight is 409 g/mol. The second kappa shape index (κ2) is 9.94. The van der Waals surface area contributed by atoms with Gasteiger partial charge in [-0.1, -0.05) is 18.2 Å². The van der Waals surface area contributed by atoms with Crippen molar-refractivity contribution in [3.63, 3.8) is 0 Å². The minimum atomic E-state index is 0.292. The lowest BCUT2D eigenvalue weighted by Gasteiger charge is -2.36. The first-order valence-electron chi connectivity index (χ1n) is 11.1. The molecule has 1 unspecified atom stereocenters. The molecule has 3 heterocycles. The lowest BCUT2D eigenvalue weighted by Crippen LogP contribution is -2.49. The number of likely N-dealkylation sites (tertiary alicyclic amines) is 1. The molecule has 1 amide bonds. The van der Waals surface area contributed by atoms with Gasteiger partial charge in [0, 0.05) is 51.9 Å². The van der Waals surface area contributed by atoms with Crippen molar-refractivity contribution in [3.8, 4) is 5.75 Å². The third-order valence-electron chi connectivity index (χ3n) is 6.29. The molecule has 0 spiro atoms. The Balaban J connectivity index is 1.20. The topological polar surface area (TPSA) is 59.9 Å². The van der Waals surface area contributed by atoms with Crippen molar-refractivity contribution in [2.75, 3.05) is 44.2 Å². The fourth-order valence-corrected chi connectivity index (χ4v) is 4.66. The highest BCUT2D eigenvalue weighted by Gasteiger charge is 2.24. The third kappa shape index (κ3) is 5.51. The van der Waals surface area contributed by atoms with Crippen molar-refractivity contribution in [1.82, 2.24) is 14.8 Å². The van der Waals surface area contributed by atoms with E-state index in [0.29, 0.717) is 24.0 Å². The number of phenols is 1. The number of piperidine rings is 1. The Kier molecular flexibility index (Phi) is 6.84. The van der Waals surface area contributed by atoms with Crippen LogP contribution in [0.2, 0.25) is 0 Å². The second-order valence-electron chi connectivity index (χ2n) is 8.51. The number of anilines is 1. The largest absolute Gasteiger partial charge is 0.508 e. The molecule has 0 saturated carbocycles. The highest BCUT2D eigenvalue weighted by Crippen LogP contribution is 2.24. The summed E-state index contributed by atoms with van der Waals surface area (Å²) in [6.07, 6.45) is 5.82. The molecule has 2 aliphatic rings. The molecule has 4 rings (SSSR count). The molecule has 6 nitrogen and oxygen atoms in total. The van der Waals surface area contributed by atoms with Crippen molar-refractivity contribution in [3.05, 3.63) is 54.2 Å². The highest BCUT2D eigenvalue weighted by molar-refractivity contribution is 5.76. The Hall–Kier alpha value is -2.60. The van der Waals surface area contributed by atoms with Gasteiger partial charge in [0.25, 0.3) is 0 Å². The molecule has 30 heavy (non-hydrogen) atoms. The minimum Gasteiger partial charge on any atom is -0.508 e. The number of aromatic nitrogens is 1. The predicted molar refractivity (Wildman–Crippen MR) is 118 cm³/mol. The smallest absolute Gasteiger partial charge is 0.222 e. The number of carbonyl (C=O) groups is 1. The van der Waals surface area contributed by atoms with E-state index in [4.69, 9.17) is 0 Å². The van der Waals surface area contributed by atoms with Crippen LogP contribution in [0.1, 0.15) is 31.2 Å². The van der Waals surface area contributed by atoms with E-state index in [9.17, 15) is 9.90 Å². The standard InChI is InChI=1S/C24H32N4O2/c29-22-7-3-5-21(17-22)19-26-12-4-6-20(18-26)9-10-24(30)28-15-13-27(14-16-28)23-8-1-2-11-25-23/h1-3,5,7-8,11,17,20,29H,4,6,9-10,12-16,18-19H2. The van der Waals surface area contributed by atoms with Gasteiger partial charge in [0.2, 0.25) is 5.91 Å². The van der Waals surface area contributed by atoms with Gasteiger partial charge in [-0.15, -0.1) is 0 Å². The van der Waals surface area contributed by atoms with Crippen molar-refractivity contribution in [2.24, 2.45) is 5.92 Å². The Morgan fingerprint density at radius 2 is 1.93 bits per heavy atom. The maximum atomic E-state index is 12.7. The first kappa shape index (κ1) is 20.7. The molecule has 1 N–H and O–H groups in total. The van der Waals surface area contributed by atoms with Gasteiger partial charge in [-0.05, 0) is 61.6 Å². The zero-order valence-corrected chi connectivity index (χ0v) is 17.6. The average Bonchev–Trinajstić information content (AvgIpc) is 2.78. The van der Waals surface area contributed by atoms with E-state index >= 15 is 0 Å². The molecule has 1 aromatic heterocycles. The predicted octanol–water partition coefficient (Wildman–Crippen LogP) is 3.13. The van der Waals surface area contributed by atoms with Gasteiger partial charge in [0.1, 0.15) is 11.6 Å². The van der Waals surface area contributed by atoms with Crippen LogP contribution in [-0.4, -0.2) is 65.1 Å². The van der Waals surface area contributed by atoms with E-state index in [1.807, 2.05) is 41.4 Å². The number of nitrogens with zero attached hydrogens (tertiary/aromatic N) is 4. The quantitative estimate of drug-likeness (QED) is 0.796. The lowest BCUT2D eigenvalue weighted by molar-refractivity contribution is -0.131. The van der Waals surface area contributed by atoms with Crippen LogP contribution >= 0.6 is 0 Å². The number of pyridine rings is 1. The van der Waals surface area contributed by atoms with E-state index < -0.39 is 0 Å². The molecule has 2 aliphatic heterocycles. The van der Waals surface area contributed by atoms with Crippen LogP contribution < -0.4 is 4.90 Å². The normalized spacial score (nSPS) is 20.3. The number of hydrogen-bond donors (Lipinski definition) is 1. The fourth-order valence-electron chi connectivity index (χ4n) is 4.66. The summed E-state index contributed by atoms with van der Waals surface area (Å²) in [5, 5.41) is 9.68. The van der Waals surface area contributed by atoms with Gasteiger partial charge >= 0.3 is 0 Å². The number of hydrogen-bond acceptors (Lipinski definition) is 5. The van der Waals surface area contributed by atoms with Gasteiger partial charge < -0.3 is 14.9 Å². The number of aromatic hydroxyl groups is 1. The van der Waals surface area contributed by atoms with Gasteiger partial charge in [-0.3, -0.25) is 9.69 Å². The summed E-state index contributed by atoms with van der Waals surface area (Å²) in [5.41, 5.74) is 1.15.